The first kappa shape index (κ1) is 14.5. The predicted molar refractivity (Wildman–Crippen MR) is 76.1 cm³/mol. The average Bonchev–Trinajstić information content (AvgIpc) is 2.48. The SMILES string of the molecule is COc1ccc(C(O)C(CN)c2ccccc2)c(F)c1. The molecule has 0 saturated carbocycles. The zero-order valence-electron chi connectivity index (χ0n) is 11.3. The minimum Gasteiger partial charge on any atom is -0.497 e. The molecule has 2 aromatic carbocycles. The van der Waals surface area contributed by atoms with E-state index < -0.39 is 11.9 Å². The van der Waals surface area contributed by atoms with E-state index in [1.807, 2.05) is 30.3 Å². The Labute approximate surface area is 117 Å². The second-order valence-corrected chi connectivity index (χ2v) is 4.59. The Bertz CT molecular complexity index is 560. The van der Waals surface area contributed by atoms with Gasteiger partial charge in [0, 0.05) is 24.1 Å². The minimum absolute atomic E-state index is 0.227. The lowest BCUT2D eigenvalue weighted by molar-refractivity contribution is 0.143. The summed E-state index contributed by atoms with van der Waals surface area (Å²) < 4.78 is 19.0. The first-order valence-corrected chi connectivity index (χ1v) is 6.44. The fourth-order valence-corrected chi connectivity index (χ4v) is 2.24. The highest BCUT2D eigenvalue weighted by Gasteiger charge is 2.24. The number of hydrogen-bond donors (Lipinski definition) is 2. The molecular weight excluding hydrogens is 257 g/mol. The smallest absolute Gasteiger partial charge is 0.132 e. The van der Waals surface area contributed by atoms with Crippen molar-refractivity contribution in [1.82, 2.24) is 0 Å². The Morgan fingerprint density at radius 3 is 2.45 bits per heavy atom. The van der Waals surface area contributed by atoms with Crippen LogP contribution in [0.15, 0.2) is 48.5 Å². The van der Waals surface area contributed by atoms with E-state index in [0.717, 1.165) is 5.56 Å². The molecule has 2 rings (SSSR count). The number of ether oxygens (including phenoxy) is 1. The van der Waals surface area contributed by atoms with Gasteiger partial charge in [0.2, 0.25) is 0 Å². The molecule has 0 radical (unpaired) electrons. The average molecular weight is 275 g/mol. The van der Waals surface area contributed by atoms with Gasteiger partial charge < -0.3 is 15.6 Å². The molecule has 0 amide bonds. The molecule has 2 unspecified atom stereocenters. The van der Waals surface area contributed by atoms with Crippen LogP contribution in [0, 0.1) is 5.82 Å². The van der Waals surface area contributed by atoms with Crippen molar-refractivity contribution in [2.45, 2.75) is 12.0 Å². The van der Waals surface area contributed by atoms with Crippen LogP contribution in [0.1, 0.15) is 23.1 Å². The van der Waals surface area contributed by atoms with Gasteiger partial charge in [0.1, 0.15) is 11.6 Å². The lowest BCUT2D eigenvalue weighted by Crippen LogP contribution is -2.21. The first-order valence-electron chi connectivity index (χ1n) is 6.44. The van der Waals surface area contributed by atoms with Crippen LogP contribution >= 0.6 is 0 Å². The van der Waals surface area contributed by atoms with Gasteiger partial charge in [-0.1, -0.05) is 30.3 Å². The molecule has 0 bridgehead atoms. The summed E-state index contributed by atoms with van der Waals surface area (Å²) in [6.45, 7) is 0.233. The van der Waals surface area contributed by atoms with Crippen LogP contribution < -0.4 is 10.5 Å². The third-order valence-corrected chi connectivity index (χ3v) is 3.39. The third kappa shape index (κ3) is 2.98. The lowest BCUT2D eigenvalue weighted by Gasteiger charge is -2.23. The van der Waals surface area contributed by atoms with Crippen molar-refractivity contribution in [3.8, 4) is 5.75 Å². The van der Waals surface area contributed by atoms with E-state index in [2.05, 4.69) is 0 Å². The van der Waals surface area contributed by atoms with Crippen LogP contribution in [0.5, 0.6) is 5.75 Å². The van der Waals surface area contributed by atoms with E-state index >= 15 is 0 Å². The van der Waals surface area contributed by atoms with E-state index in [1.165, 1.54) is 19.2 Å². The van der Waals surface area contributed by atoms with Gasteiger partial charge in [-0.2, -0.15) is 0 Å². The molecule has 3 N–H and O–H groups in total. The molecule has 2 atom stereocenters. The Hall–Kier alpha value is -1.91. The highest BCUT2D eigenvalue weighted by Crippen LogP contribution is 2.32. The number of aliphatic hydroxyl groups is 1. The number of halogens is 1. The van der Waals surface area contributed by atoms with E-state index in [9.17, 15) is 9.50 Å². The summed E-state index contributed by atoms with van der Waals surface area (Å²) in [4.78, 5) is 0. The Balaban J connectivity index is 2.31. The molecule has 0 aromatic heterocycles. The summed E-state index contributed by atoms with van der Waals surface area (Å²) in [6, 6.07) is 13.8. The maximum absolute atomic E-state index is 14.0. The fraction of sp³-hybridized carbons (Fsp3) is 0.250. The standard InChI is InChI=1S/C16H18FNO2/c1-20-12-7-8-13(15(17)9-12)16(19)14(10-18)11-5-3-2-4-6-11/h2-9,14,16,19H,10,18H2,1H3. The summed E-state index contributed by atoms with van der Waals surface area (Å²) in [6.07, 6.45) is -0.992. The number of rotatable bonds is 5. The van der Waals surface area contributed by atoms with Crippen LogP contribution in [0.4, 0.5) is 4.39 Å². The van der Waals surface area contributed by atoms with Gasteiger partial charge in [0.15, 0.2) is 0 Å². The zero-order valence-corrected chi connectivity index (χ0v) is 11.3. The van der Waals surface area contributed by atoms with Gasteiger partial charge in [0.25, 0.3) is 0 Å². The summed E-state index contributed by atoms with van der Waals surface area (Å²) in [7, 11) is 1.47. The molecule has 4 heteroatoms. The van der Waals surface area contributed by atoms with Crippen LogP contribution in [0.3, 0.4) is 0 Å². The molecule has 2 aromatic rings. The van der Waals surface area contributed by atoms with Crippen molar-refractivity contribution < 1.29 is 14.2 Å². The highest BCUT2D eigenvalue weighted by molar-refractivity contribution is 5.33. The number of methoxy groups -OCH3 is 1. The van der Waals surface area contributed by atoms with Crippen molar-refractivity contribution in [3.63, 3.8) is 0 Å². The molecule has 0 fully saturated rings. The van der Waals surface area contributed by atoms with Crippen molar-refractivity contribution >= 4 is 0 Å². The summed E-state index contributed by atoms with van der Waals surface area (Å²) in [5, 5.41) is 10.4. The van der Waals surface area contributed by atoms with Crippen molar-refractivity contribution in [2.24, 2.45) is 5.73 Å². The summed E-state index contributed by atoms with van der Waals surface area (Å²) in [5.74, 6) is -0.423. The van der Waals surface area contributed by atoms with E-state index in [-0.39, 0.29) is 18.0 Å². The number of nitrogens with two attached hydrogens (primary N) is 1. The molecule has 0 heterocycles. The van der Waals surface area contributed by atoms with E-state index in [0.29, 0.717) is 5.75 Å². The molecular formula is C16H18FNO2. The lowest BCUT2D eigenvalue weighted by atomic mass is 9.89. The number of hydrogen-bond acceptors (Lipinski definition) is 3. The van der Waals surface area contributed by atoms with Gasteiger partial charge in [0.05, 0.1) is 13.2 Å². The van der Waals surface area contributed by atoms with Gasteiger partial charge in [-0.05, 0) is 17.7 Å². The molecule has 106 valence electrons. The van der Waals surface area contributed by atoms with Crippen molar-refractivity contribution in [2.75, 3.05) is 13.7 Å². The zero-order chi connectivity index (χ0) is 14.5. The minimum atomic E-state index is -0.992. The van der Waals surface area contributed by atoms with Crippen LogP contribution in [-0.4, -0.2) is 18.8 Å². The molecule has 0 saturated heterocycles. The third-order valence-electron chi connectivity index (χ3n) is 3.39. The molecule has 20 heavy (non-hydrogen) atoms. The van der Waals surface area contributed by atoms with Crippen molar-refractivity contribution in [3.05, 3.63) is 65.5 Å². The summed E-state index contributed by atoms with van der Waals surface area (Å²) in [5.41, 5.74) is 6.86. The van der Waals surface area contributed by atoms with Gasteiger partial charge >= 0.3 is 0 Å². The fourth-order valence-electron chi connectivity index (χ4n) is 2.24. The molecule has 3 nitrogen and oxygen atoms in total. The predicted octanol–water partition coefficient (Wildman–Crippen LogP) is 2.61. The highest BCUT2D eigenvalue weighted by atomic mass is 19.1. The van der Waals surface area contributed by atoms with Crippen LogP contribution in [0.25, 0.3) is 0 Å². The number of aliphatic hydroxyl groups excluding tert-OH is 1. The normalized spacial score (nSPS) is 13.8. The molecule has 0 aliphatic carbocycles. The molecule has 0 spiro atoms. The van der Waals surface area contributed by atoms with Gasteiger partial charge in [-0.25, -0.2) is 4.39 Å². The monoisotopic (exact) mass is 275 g/mol. The largest absolute Gasteiger partial charge is 0.497 e. The Morgan fingerprint density at radius 2 is 1.90 bits per heavy atom. The van der Waals surface area contributed by atoms with Crippen molar-refractivity contribution in [1.29, 1.82) is 0 Å². The topological polar surface area (TPSA) is 55.5 Å². The first-order chi connectivity index (χ1) is 9.67. The molecule has 0 aliphatic heterocycles. The second kappa shape index (κ2) is 6.50. The Kier molecular flexibility index (Phi) is 4.71. The second-order valence-electron chi connectivity index (χ2n) is 4.59. The summed E-state index contributed by atoms with van der Waals surface area (Å²) >= 11 is 0. The van der Waals surface area contributed by atoms with Gasteiger partial charge in [-0.15, -0.1) is 0 Å². The van der Waals surface area contributed by atoms with Crippen LogP contribution in [-0.2, 0) is 0 Å². The maximum Gasteiger partial charge on any atom is 0.132 e. The quantitative estimate of drug-likeness (QED) is 0.882. The molecule has 0 aliphatic rings. The van der Waals surface area contributed by atoms with E-state index in [4.69, 9.17) is 10.5 Å². The number of benzene rings is 2. The van der Waals surface area contributed by atoms with E-state index in [1.54, 1.807) is 6.07 Å². The maximum atomic E-state index is 14.0. The van der Waals surface area contributed by atoms with Crippen LogP contribution in [0.2, 0.25) is 0 Å². The van der Waals surface area contributed by atoms with Gasteiger partial charge in [-0.3, -0.25) is 0 Å². The Morgan fingerprint density at radius 1 is 1.20 bits per heavy atom.